The highest BCUT2D eigenvalue weighted by Crippen LogP contribution is 2.20. The second-order valence-electron chi connectivity index (χ2n) is 3.48. The first-order valence-corrected chi connectivity index (χ1v) is 4.55. The summed E-state index contributed by atoms with van der Waals surface area (Å²) >= 11 is 0. The molecule has 0 amide bonds. The molecule has 0 aromatic carbocycles. The normalized spacial score (nSPS) is 23.5. The molecule has 66 valence electrons. The molecular weight excluding hydrogens is 140 g/mol. The van der Waals surface area contributed by atoms with Crippen molar-refractivity contribution in [2.24, 2.45) is 5.92 Å². The third-order valence-corrected chi connectivity index (χ3v) is 2.33. The Morgan fingerprint density at radius 3 is 2.64 bits per heavy atom. The Morgan fingerprint density at radius 1 is 1.45 bits per heavy atom. The molecule has 1 N–H and O–H groups in total. The fraction of sp³-hybridized carbons (Fsp3) is 1.00. The number of ether oxygens (including phenoxy) is 1. The molecule has 0 spiro atoms. The van der Waals surface area contributed by atoms with Crippen LogP contribution in [0.3, 0.4) is 0 Å². The van der Waals surface area contributed by atoms with Crippen molar-refractivity contribution < 1.29 is 9.84 Å². The van der Waals surface area contributed by atoms with E-state index in [1.54, 1.807) is 0 Å². The van der Waals surface area contributed by atoms with Gasteiger partial charge < -0.3 is 9.84 Å². The zero-order valence-corrected chi connectivity index (χ0v) is 7.25. The van der Waals surface area contributed by atoms with Crippen molar-refractivity contribution in [1.29, 1.82) is 0 Å². The Kier molecular flexibility index (Phi) is 3.87. The standard InChI is InChI=1S/C9H18O2/c1-8(10)2-3-9-4-6-11-7-5-9/h8-10H,2-7H2,1H3/t8-/m1/s1. The quantitative estimate of drug-likeness (QED) is 0.675. The molecule has 0 radical (unpaired) electrons. The maximum Gasteiger partial charge on any atom is 0.0512 e. The van der Waals surface area contributed by atoms with E-state index in [0.717, 1.165) is 25.6 Å². The number of aliphatic hydroxyl groups excluding tert-OH is 1. The molecule has 0 aromatic heterocycles. The Hall–Kier alpha value is -0.0800. The molecule has 1 rings (SSSR count). The van der Waals surface area contributed by atoms with Crippen LogP contribution < -0.4 is 0 Å². The Bertz CT molecular complexity index is 95.7. The van der Waals surface area contributed by atoms with Gasteiger partial charge in [0.25, 0.3) is 0 Å². The number of hydrogen-bond acceptors (Lipinski definition) is 2. The van der Waals surface area contributed by atoms with Crippen LogP contribution in [0.1, 0.15) is 32.6 Å². The maximum absolute atomic E-state index is 9.05. The average Bonchev–Trinajstić information content (AvgIpc) is 2.03. The van der Waals surface area contributed by atoms with Gasteiger partial charge in [-0.1, -0.05) is 0 Å². The minimum Gasteiger partial charge on any atom is -0.393 e. The molecule has 0 aromatic rings. The predicted octanol–water partition coefficient (Wildman–Crippen LogP) is 1.57. The number of hydrogen-bond donors (Lipinski definition) is 1. The largest absolute Gasteiger partial charge is 0.393 e. The second kappa shape index (κ2) is 4.73. The summed E-state index contributed by atoms with van der Waals surface area (Å²) in [6.45, 7) is 3.70. The van der Waals surface area contributed by atoms with E-state index in [2.05, 4.69) is 0 Å². The van der Waals surface area contributed by atoms with Crippen LogP contribution in [0.5, 0.6) is 0 Å². The fourth-order valence-electron chi connectivity index (χ4n) is 1.51. The third kappa shape index (κ3) is 3.73. The topological polar surface area (TPSA) is 29.5 Å². The smallest absolute Gasteiger partial charge is 0.0512 e. The summed E-state index contributed by atoms with van der Waals surface area (Å²) in [7, 11) is 0. The lowest BCUT2D eigenvalue weighted by Gasteiger charge is -2.22. The Balaban J connectivity index is 2.05. The zero-order valence-electron chi connectivity index (χ0n) is 7.25. The third-order valence-electron chi connectivity index (χ3n) is 2.33. The molecule has 1 atom stereocenters. The molecule has 0 unspecified atom stereocenters. The first kappa shape index (κ1) is 9.01. The van der Waals surface area contributed by atoms with Crippen molar-refractivity contribution in [1.82, 2.24) is 0 Å². The van der Waals surface area contributed by atoms with E-state index in [-0.39, 0.29) is 6.10 Å². The molecule has 1 aliphatic rings. The first-order chi connectivity index (χ1) is 5.29. The summed E-state index contributed by atoms with van der Waals surface area (Å²) in [4.78, 5) is 0. The lowest BCUT2D eigenvalue weighted by Crippen LogP contribution is -2.16. The van der Waals surface area contributed by atoms with Crippen molar-refractivity contribution in [3.63, 3.8) is 0 Å². The summed E-state index contributed by atoms with van der Waals surface area (Å²) in [5.41, 5.74) is 0. The molecule has 1 fully saturated rings. The highest BCUT2D eigenvalue weighted by molar-refractivity contribution is 4.64. The van der Waals surface area contributed by atoms with Gasteiger partial charge in [0.2, 0.25) is 0 Å². The minimum atomic E-state index is -0.127. The van der Waals surface area contributed by atoms with Crippen molar-refractivity contribution in [2.75, 3.05) is 13.2 Å². The summed E-state index contributed by atoms with van der Waals surface area (Å²) in [6.07, 6.45) is 4.36. The van der Waals surface area contributed by atoms with E-state index < -0.39 is 0 Å². The molecule has 0 aliphatic carbocycles. The van der Waals surface area contributed by atoms with Crippen molar-refractivity contribution in [2.45, 2.75) is 38.7 Å². The van der Waals surface area contributed by atoms with Crippen LogP contribution in [0.4, 0.5) is 0 Å². The van der Waals surface area contributed by atoms with Gasteiger partial charge in [-0.25, -0.2) is 0 Å². The van der Waals surface area contributed by atoms with E-state index in [4.69, 9.17) is 9.84 Å². The highest BCUT2D eigenvalue weighted by atomic mass is 16.5. The van der Waals surface area contributed by atoms with E-state index in [1.807, 2.05) is 6.92 Å². The van der Waals surface area contributed by atoms with Gasteiger partial charge in [-0.05, 0) is 38.5 Å². The highest BCUT2D eigenvalue weighted by Gasteiger charge is 2.13. The van der Waals surface area contributed by atoms with Crippen LogP contribution >= 0.6 is 0 Å². The minimum absolute atomic E-state index is 0.127. The van der Waals surface area contributed by atoms with Gasteiger partial charge in [-0.2, -0.15) is 0 Å². The molecule has 0 saturated carbocycles. The Labute approximate surface area is 68.6 Å². The summed E-state index contributed by atoms with van der Waals surface area (Å²) in [5, 5.41) is 9.05. The van der Waals surface area contributed by atoms with Gasteiger partial charge in [-0.3, -0.25) is 0 Å². The predicted molar refractivity (Wildman–Crippen MR) is 44.5 cm³/mol. The van der Waals surface area contributed by atoms with E-state index in [0.29, 0.717) is 0 Å². The molecular formula is C9H18O2. The average molecular weight is 158 g/mol. The van der Waals surface area contributed by atoms with Crippen LogP contribution in [0.25, 0.3) is 0 Å². The lowest BCUT2D eigenvalue weighted by atomic mass is 9.94. The summed E-state index contributed by atoms with van der Waals surface area (Å²) in [5.74, 6) is 0.804. The van der Waals surface area contributed by atoms with Crippen LogP contribution in [-0.4, -0.2) is 24.4 Å². The molecule has 1 saturated heterocycles. The molecule has 2 heteroatoms. The number of rotatable bonds is 3. The van der Waals surface area contributed by atoms with Gasteiger partial charge in [0.1, 0.15) is 0 Å². The van der Waals surface area contributed by atoms with Crippen LogP contribution in [0.2, 0.25) is 0 Å². The Morgan fingerprint density at radius 2 is 2.09 bits per heavy atom. The molecule has 1 aliphatic heterocycles. The lowest BCUT2D eigenvalue weighted by molar-refractivity contribution is 0.0581. The fourth-order valence-corrected chi connectivity index (χ4v) is 1.51. The second-order valence-corrected chi connectivity index (χ2v) is 3.48. The van der Waals surface area contributed by atoms with Gasteiger partial charge in [0, 0.05) is 13.2 Å². The SMILES string of the molecule is C[C@@H](O)CCC1CCOCC1. The van der Waals surface area contributed by atoms with Crippen molar-refractivity contribution >= 4 is 0 Å². The summed E-state index contributed by atoms with van der Waals surface area (Å²) < 4.78 is 5.24. The van der Waals surface area contributed by atoms with Crippen LogP contribution in [0, 0.1) is 5.92 Å². The van der Waals surface area contributed by atoms with Crippen molar-refractivity contribution in [3.05, 3.63) is 0 Å². The van der Waals surface area contributed by atoms with Crippen LogP contribution in [0.15, 0.2) is 0 Å². The van der Waals surface area contributed by atoms with Gasteiger partial charge in [0.15, 0.2) is 0 Å². The van der Waals surface area contributed by atoms with Crippen molar-refractivity contribution in [3.8, 4) is 0 Å². The molecule has 0 bridgehead atoms. The van der Waals surface area contributed by atoms with E-state index >= 15 is 0 Å². The van der Waals surface area contributed by atoms with E-state index in [1.165, 1.54) is 19.3 Å². The monoisotopic (exact) mass is 158 g/mol. The first-order valence-electron chi connectivity index (χ1n) is 4.55. The van der Waals surface area contributed by atoms with Gasteiger partial charge >= 0.3 is 0 Å². The molecule has 2 nitrogen and oxygen atoms in total. The maximum atomic E-state index is 9.05. The zero-order chi connectivity index (χ0) is 8.10. The van der Waals surface area contributed by atoms with E-state index in [9.17, 15) is 0 Å². The number of aliphatic hydroxyl groups is 1. The van der Waals surface area contributed by atoms with Gasteiger partial charge in [0.05, 0.1) is 6.10 Å². The molecule has 1 heterocycles. The molecule has 11 heavy (non-hydrogen) atoms. The summed E-state index contributed by atoms with van der Waals surface area (Å²) in [6, 6.07) is 0. The van der Waals surface area contributed by atoms with Gasteiger partial charge in [-0.15, -0.1) is 0 Å². The van der Waals surface area contributed by atoms with Crippen LogP contribution in [-0.2, 0) is 4.74 Å².